The van der Waals surface area contributed by atoms with Gasteiger partial charge < -0.3 is 9.88 Å². The minimum atomic E-state index is -3.34. The van der Waals surface area contributed by atoms with Gasteiger partial charge in [-0.05, 0) is 31.0 Å². The Bertz CT molecular complexity index is 850. The summed E-state index contributed by atoms with van der Waals surface area (Å²) in [6, 6.07) is 7.51. The first kappa shape index (κ1) is 17.8. The number of amides is 1. The number of fused-ring (bicyclic) bond motifs is 1. The number of hydrogen-bond donors (Lipinski definition) is 2. The van der Waals surface area contributed by atoms with Crippen LogP contribution in [0.3, 0.4) is 0 Å². The van der Waals surface area contributed by atoms with Crippen LogP contribution < -0.4 is 10.0 Å². The highest BCUT2D eigenvalue weighted by molar-refractivity contribution is 7.92. The molecule has 1 aliphatic rings. The van der Waals surface area contributed by atoms with Crippen molar-refractivity contribution in [3.8, 4) is 0 Å². The van der Waals surface area contributed by atoms with E-state index in [9.17, 15) is 13.2 Å². The number of aromatic nitrogens is 1. The number of sulfonamides is 1. The van der Waals surface area contributed by atoms with Crippen LogP contribution in [0.2, 0.25) is 0 Å². The number of nitrogens with zero attached hydrogens (tertiary/aromatic N) is 1. The van der Waals surface area contributed by atoms with Crippen molar-refractivity contribution < 1.29 is 13.2 Å². The van der Waals surface area contributed by atoms with Crippen molar-refractivity contribution in [1.29, 1.82) is 0 Å². The number of carbonyl (C=O) groups is 1. The number of hydrogen-bond acceptors (Lipinski definition) is 3. The summed E-state index contributed by atoms with van der Waals surface area (Å²) in [5, 5.41) is 3.93. The Morgan fingerprint density at radius 3 is 2.56 bits per heavy atom. The number of anilines is 1. The van der Waals surface area contributed by atoms with E-state index in [1.54, 1.807) is 12.1 Å². The number of carbonyl (C=O) groups excluding carboxylic acids is 1. The maximum Gasteiger partial charge on any atom is 0.240 e. The fraction of sp³-hybridized carbons (Fsp3) is 0.500. The third-order valence-electron chi connectivity index (χ3n) is 4.64. The Hall–Kier alpha value is -2.02. The fourth-order valence-electron chi connectivity index (χ4n) is 3.50. The zero-order valence-corrected chi connectivity index (χ0v) is 15.3. The van der Waals surface area contributed by atoms with Crippen molar-refractivity contribution in [2.24, 2.45) is 0 Å². The molecule has 1 fully saturated rings. The lowest BCUT2D eigenvalue weighted by molar-refractivity contribution is -0.122. The van der Waals surface area contributed by atoms with Gasteiger partial charge in [-0.2, -0.15) is 0 Å². The molecule has 1 heterocycles. The van der Waals surface area contributed by atoms with Crippen molar-refractivity contribution >= 4 is 32.5 Å². The molecule has 3 rings (SSSR count). The molecule has 1 aromatic carbocycles. The van der Waals surface area contributed by atoms with Crippen molar-refractivity contribution in [2.75, 3.05) is 11.0 Å². The van der Waals surface area contributed by atoms with Gasteiger partial charge in [0.15, 0.2) is 0 Å². The molecule has 136 valence electrons. The van der Waals surface area contributed by atoms with Crippen molar-refractivity contribution in [3.05, 3.63) is 30.5 Å². The van der Waals surface area contributed by atoms with Gasteiger partial charge in [0.05, 0.1) is 17.5 Å². The van der Waals surface area contributed by atoms with Gasteiger partial charge in [0, 0.05) is 17.6 Å². The molecule has 6 nitrogen and oxygen atoms in total. The summed E-state index contributed by atoms with van der Waals surface area (Å²) in [5.74, 6) is 0.00544. The van der Waals surface area contributed by atoms with Gasteiger partial charge in [0.25, 0.3) is 0 Å². The van der Waals surface area contributed by atoms with E-state index < -0.39 is 10.0 Å². The molecule has 0 unspecified atom stereocenters. The van der Waals surface area contributed by atoms with Crippen LogP contribution in [0.1, 0.15) is 38.5 Å². The minimum absolute atomic E-state index is 0.00544. The molecule has 1 amide bonds. The fourth-order valence-corrected chi connectivity index (χ4v) is 4.08. The lowest BCUT2D eigenvalue weighted by atomic mass is 10.1. The lowest BCUT2D eigenvalue weighted by Crippen LogP contribution is -2.36. The quantitative estimate of drug-likeness (QED) is 0.802. The third kappa shape index (κ3) is 4.75. The van der Waals surface area contributed by atoms with Crippen LogP contribution in [0.4, 0.5) is 5.69 Å². The highest BCUT2D eigenvalue weighted by Gasteiger charge is 2.16. The van der Waals surface area contributed by atoms with E-state index in [0.29, 0.717) is 5.69 Å². The summed E-state index contributed by atoms with van der Waals surface area (Å²) in [4.78, 5) is 12.4. The SMILES string of the molecule is CS(=O)(=O)Nc1cccc2c1ccn2CC(=O)NC1CCCCCC1. The highest BCUT2D eigenvalue weighted by atomic mass is 32.2. The Balaban J connectivity index is 1.73. The van der Waals surface area contributed by atoms with Crippen molar-refractivity contribution in [3.63, 3.8) is 0 Å². The molecule has 1 saturated carbocycles. The van der Waals surface area contributed by atoms with Gasteiger partial charge in [-0.3, -0.25) is 9.52 Å². The second-order valence-corrected chi connectivity index (χ2v) is 8.56. The van der Waals surface area contributed by atoms with Crippen LogP contribution in [0.25, 0.3) is 10.9 Å². The summed E-state index contributed by atoms with van der Waals surface area (Å²) < 4.78 is 27.4. The molecular weight excluding hydrogens is 338 g/mol. The maximum atomic E-state index is 12.4. The Morgan fingerprint density at radius 1 is 1.16 bits per heavy atom. The first-order valence-electron chi connectivity index (χ1n) is 8.77. The minimum Gasteiger partial charge on any atom is -0.352 e. The predicted octanol–water partition coefficient (Wildman–Crippen LogP) is 2.85. The Kier molecular flexibility index (Phi) is 5.32. The molecular formula is C18H25N3O3S. The molecule has 25 heavy (non-hydrogen) atoms. The summed E-state index contributed by atoms with van der Waals surface area (Å²) in [5.41, 5.74) is 1.37. The summed E-state index contributed by atoms with van der Waals surface area (Å²) in [6.07, 6.45) is 9.93. The standard InChI is InChI=1S/C18H25N3O3S/c1-25(23,24)20-16-9-6-10-17-15(16)11-12-21(17)13-18(22)19-14-7-4-2-3-5-8-14/h6,9-12,14,20H,2-5,7-8,13H2,1H3,(H,19,22). The molecule has 7 heteroatoms. The third-order valence-corrected chi connectivity index (χ3v) is 5.23. The lowest BCUT2D eigenvalue weighted by Gasteiger charge is -2.16. The molecule has 1 aliphatic carbocycles. The number of benzene rings is 1. The van der Waals surface area contributed by atoms with E-state index >= 15 is 0 Å². The van der Waals surface area contributed by atoms with Gasteiger partial charge in [-0.25, -0.2) is 8.42 Å². The molecule has 2 N–H and O–H groups in total. The smallest absolute Gasteiger partial charge is 0.240 e. The van der Waals surface area contributed by atoms with Gasteiger partial charge in [0.1, 0.15) is 6.54 Å². The first-order chi connectivity index (χ1) is 11.9. The second kappa shape index (κ2) is 7.47. The second-order valence-electron chi connectivity index (χ2n) is 6.81. The molecule has 0 bridgehead atoms. The van der Waals surface area contributed by atoms with E-state index in [1.807, 2.05) is 22.9 Å². The number of nitrogens with one attached hydrogen (secondary N) is 2. The average Bonchev–Trinajstić information content (AvgIpc) is 2.76. The first-order valence-corrected chi connectivity index (χ1v) is 10.7. The van der Waals surface area contributed by atoms with Gasteiger partial charge in [0.2, 0.25) is 15.9 Å². The largest absolute Gasteiger partial charge is 0.352 e. The molecule has 1 aromatic heterocycles. The van der Waals surface area contributed by atoms with Crippen molar-refractivity contribution in [1.82, 2.24) is 9.88 Å². The number of rotatable bonds is 5. The molecule has 2 aromatic rings. The Morgan fingerprint density at radius 2 is 1.88 bits per heavy atom. The normalized spacial score (nSPS) is 16.5. The monoisotopic (exact) mass is 363 g/mol. The van der Waals surface area contributed by atoms with Gasteiger partial charge in [-0.1, -0.05) is 31.7 Å². The molecule has 0 aliphatic heterocycles. The van der Waals surface area contributed by atoms with Crippen LogP contribution in [-0.2, 0) is 21.4 Å². The molecule has 0 spiro atoms. The maximum absolute atomic E-state index is 12.4. The van der Waals surface area contributed by atoms with E-state index in [0.717, 1.165) is 30.0 Å². The zero-order valence-electron chi connectivity index (χ0n) is 14.5. The van der Waals surface area contributed by atoms with Gasteiger partial charge in [-0.15, -0.1) is 0 Å². The van der Waals surface area contributed by atoms with E-state index in [2.05, 4.69) is 10.0 Å². The summed E-state index contributed by atoms with van der Waals surface area (Å²) >= 11 is 0. The zero-order chi connectivity index (χ0) is 17.9. The highest BCUT2D eigenvalue weighted by Crippen LogP contribution is 2.25. The van der Waals surface area contributed by atoms with E-state index in [-0.39, 0.29) is 18.5 Å². The van der Waals surface area contributed by atoms with E-state index in [4.69, 9.17) is 0 Å². The Labute approximate surface area is 148 Å². The van der Waals surface area contributed by atoms with Crippen LogP contribution in [0.5, 0.6) is 0 Å². The van der Waals surface area contributed by atoms with Crippen LogP contribution in [-0.4, -0.2) is 31.2 Å². The van der Waals surface area contributed by atoms with Gasteiger partial charge >= 0.3 is 0 Å². The average molecular weight is 363 g/mol. The van der Waals surface area contributed by atoms with Crippen LogP contribution >= 0.6 is 0 Å². The summed E-state index contributed by atoms with van der Waals surface area (Å²) in [6.45, 7) is 0.238. The molecule has 0 saturated heterocycles. The van der Waals surface area contributed by atoms with E-state index in [1.165, 1.54) is 25.7 Å². The summed E-state index contributed by atoms with van der Waals surface area (Å²) in [7, 11) is -3.34. The topological polar surface area (TPSA) is 80.2 Å². The van der Waals surface area contributed by atoms with Crippen LogP contribution in [0.15, 0.2) is 30.5 Å². The molecule has 0 atom stereocenters. The van der Waals surface area contributed by atoms with Crippen molar-refractivity contribution in [2.45, 2.75) is 51.1 Å². The van der Waals surface area contributed by atoms with Crippen LogP contribution in [0, 0.1) is 0 Å². The molecule has 0 radical (unpaired) electrons. The predicted molar refractivity (Wildman–Crippen MR) is 100 cm³/mol.